The van der Waals surface area contributed by atoms with Gasteiger partial charge in [-0.3, -0.25) is 14.3 Å². The molecule has 2 bridgehead atoms. The highest BCUT2D eigenvalue weighted by Crippen LogP contribution is 2.49. The molecule has 5 rings (SSSR count). The van der Waals surface area contributed by atoms with Gasteiger partial charge in [0.15, 0.2) is 5.82 Å². The van der Waals surface area contributed by atoms with Crippen LogP contribution in [-0.2, 0) is 20.9 Å². The third-order valence-corrected chi connectivity index (χ3v) is 5.94. The number of imide groups is 1. The minimum Gasteiger partial charge on any atom is -0.373 e. The average Bonchev–Trinajstić information content (AvgIpc) is 3.33. The van der Waals surface area contributed by atoms with Gasteiger partial charge in [0.1, 0.15) is 0 Å². The molecule has 134 valence electrons. The van der Waals surface area contributed by atoms with E-state index < -0.39 is 0 Å². The molecule has 0 saturated carbocycles. The summed E-state index contributed by atoms with van der Waals surface area (Å²) in [6.45, 7) is 2.45. The number of hydrogen-bond donors (Lipinski definition) is 0. The maximum atomic E-state index is 12.9. The zero-order chi connectivity index (χ0) is 18.0. The molecule has 0 radical (unpaired) electrons. The number of fused-ring (bicyclic) bond motifs is 5. The van der Waals surface area contributed by atoms with E-state index in [1.165, 1.54) is 4.90 Å². The molecule has 1 aromatic heterocycles. The first-order chi connectivity index (χ1) is 12.5. The number of aromatic nitrogens is 2. The van der Waals surface area contributed by atoms with Crippen molar-refractivity contribution < 1.29 is 14.3 Å². The summed E-state index contributed by atoms with van der Waals surface area (Å²) in [5.74, 6) is -0.591. The van der Waals surface area contributed by atoms with E-state index in [0.29, 0.717) is 17.4 Å². The summed E-state index contributed by atoms with van der Waals surface area (Å²) in [4.78, 5) is 27.0. The molecule has 4 atom stereocenters. The second kappa shape index (κ2) is 5.66. The van der Waals surface area contributed by atoms with Crippen LogP contribution in [0.5, 0.6) is 0 Å². The van der Waals surface area contributed by atoms with Crippen LogP contribution in [0.1, 0.15) is 24.1 Å². The third kappa shape index (κ3) is 2.25. The summed E-state index contributed by atoms with van der Waals surface area (Å²) >= 11 is 6.05. The molecule has 3 aliphatic rings. The van der Waals surface area contributed by atoms with Crippen molar-refractivity contribution in [3.8, 4) is 0 Å². The number of benzene rings is 1. The normalized spacial score (nSPS) is 29.7. The standard InChI is InChI=1S/C19H18ClN3O3/c1-10-7-15(21-22(10)9-11-3-2-4-12(20)8-11)23-18(24)16-13-5-6-14(26-13)17(16)19(23)25/h2-4,7-8,13-14,16-17H,5-6,9H2,1H3/t13-,14+,16-,17-/m0/s1. The van der Waals surface area contributed by atoms with Gasteiger partial charge in [-0.25, -0.2) is 4.90 Å². The minimum absolute atomic E-state index is 0.110. The molecule has 3 fully saturated rings. The number of rotatable bonds is 3. The van der Waals surface area contributed by atoms with Gasteiger partial charge in [0.25, 0.3) is 0 Å². The minimum atomic E-state index is -0.334. The Morgan fingerprint density at radius 2 is 1.85 bits per heavy atom. The smallest absolute Gasteiger partial charge is 0.241 e. The summed E-state index contributed by atoms with van der Waals surface area (Å²) in [7, 11) is 0. The molecule has 7 heteroatoms. The summed E-state index contributed by atoms with van der Waals surface area (Å²) in [6, 6.07) is 9.36. The second-order valence-electron chi connectivity index (χ2n) is 7.29. The molecule has 3 saturated heterocycles. The summed E-state index contributed by atoms with van der Waals surface area (Å²) in [5, 5.41) is 5.20. The van der Waals surface area contributed by atoms with Gasteiger partial charge in [-0.15, -0.1) is 0 Å². The molecule has 2 aromatic rings. The lowest BCUT2D eigenvalue weighted by Gasteiger charge is -2.15. The number of anilines is 1. The molecule has 0 N–H and O–H groups in total. The molecule has 2 amide bonds. The van der Waals surface area contributed by atoms with Crippen LogP contribution in [-0.4, -0.2) is 33.8 Å². The van der Waals surface area contributed by atoms with Crippen LogP contribution in [0.15, 0.2) is 30.3 Å². The van der Waals surface area contributed by atoms with Crippen LogP contribution in [0, 0.1) is 18.8 Å². The van der Waals surface area contributed by atoms with E-state index in [1.54, 1.807) is 10.7 Å². The van der Waals surface area contributed by atoms with E-state index in [0.717, 1.165) is 24.1 Å². The highest BCUT2D eigenvalue weighted by atomic mass is 35.5. The van der Waals surface area contributed by atoms with Crippen molar-refractivity contribution >= 4 is 29.2 Å². The zero-order valence-corrected chi connectivity index (χ0v) is 15.0. The van der Waals surface area contributed by atoms with Crippen LogP contribution in [0.3, 0.4) is 0 Å². The number of halogens is 1. The number of aryl methyl sites for hydroxylation is 1. The largest absolute Gasteiger partial charge is 0.373 e. The van der Waals surface area contributed by atoms with E-state index >= 15 is 0 Å². The SMILES string of the molecule is Cc1cc(N2C(=O)[C@@H]3[C@@H](C2=O)[C@H]2CC[C@@H]3O2)nn1Cc1cccc(Cl)c1. The maximum Gasteiger partial charge on any atom is 0.241 e. The molecule has 0 aliphatic carbocycles. The molecule has 0 unspecified atom stereocenters. The number of carbonyl (C=O) groups excluding carboxylic acids is 2. The molecule has 6 nitrogen and oxygen atoms in total. The summed E-state index contributed by atoms with van der Waals surface area (Å²) < 4.78 is 7.57. The van der Waals surface area contributed by atoms with Crippen molar-refractivity contribution in [1.29, 1.82) is 0 Å². The van der Waals surface area contributed by atoms with Gasteiger partial charge in [-0.1, -0.05) is 23.7 Å². The third-order valence-electron chi connectivity index (χ3n) is 5.70. The van der Waals surface area contributed by atoms with Gasteiger partial charge < -0.3 is 4.74 Å². The van der Waals surface area contributed by atoms with E-state index in [4.69, 9.17) is 16.3 Å². The zero-order valence-electron chi connectivity index (χ0n) is 14.3. The van der Waals surface area contributed by atoms with Crippen molar-refractivity contribution in [2.75, 3.05) is 4.90 Å². The lowest BCUT2D eigenvalue weighted by Crippen LogP contribution is -2.34. The average molecular weight is 372 g/mol. The van der Waals surface area contributed by atoms with Gasteiger partial charge in [0.2, 0.25) is 11.8 Å². The highest BCUT2D eigenvalue weighted by Gasteiger charge is 2.63. The van der Waals surface area contributed by atoms with Gasteiger partial charge in [-0.05, 0) is 37.5 Å². The molecule has 3 aliphatic heterocycles. The van der Waals surface area contributed by atoms with Crippen molar-refractivity contribution in [2.24, 2.45) is 11.8 Å². The lowest BCUT2D eigenvalue weighted by atomic mass is 9.81. The van der Waals surface area contributed by atoms with E-state index in [2.05, 4.69) is 5.10 Å². The Bertz CT molecular complexity index is 897. The first kappa shape index (κ1) is 16.0. The van der Waals surface area contributed by atoms with E-state index in [1.807, 2.05) is 31.2 Å². The predicted molar refractivity (Wildman–Crippen MR) is 94.9 cm³/mol. The number of nitrogens with zero attached hydrogens (tertiary/aromatic N) is 3. The van der Waals surface area contributed by atoms with Crippen LogP contribution >= 0.6 is 11.6 Å². The second-order valence-corrected chi connectivity index (χ2v) is 7.72. The first-order valence-corrected chi connectivity index (χ1v) is 9.23. The van der Waals surface area contributed by atoms with Crippen LogP contribution < -0.4 is 4.90 Å². The van der Waals surface area contributed by atoms with E-state index in [9.17, 15) is 9.59 Å². The number of carbonyl (C=O) groups is 2. The molecular formula is C19H18ClN3O3. The van der Waals surface area contributed by atoms with Crippen molar-refractivity contribution in [2.45, 2.75) is 38.5 Å². The maximum absolute atomic E-state index is 12.9. The number of ether oxygens (including phenoxy) is 1. The van der Waals surface area contributed by atoms with Crippen molar-refractivity contribution in [1.82, 2.24) is 9.78 Å². The Morgan fingerprint density at radius 3 is 2.50 bits per heavy atom. The molecular weight excluding hydrogens is 354 g/mol. The number of amides is 2. The highest BCUT2D eigenvalue weighted by molar-refractivity contribution is 6.30. The monoisotopic (exact) mass is 371 g/mol. The Morgan fingerprint density at radius 1 is 1.15 bits per heavy atom. The first-order valence-electron chi connectivity index (χ1n) is 8.85. The van der Waals surface area contributed by atoms with Crippen molar-refractivity contribution in [3.05, 3.63) is 46.6 Å². The Labute approximate surface area is 155 Å². The van der Waals surface area contributed by atoms with Gasteiger partial charge in [0, 0.05) is 16.8 Å². The Balaban J connectivity index is 1.44. The Kier molecular flexibility index (Phi) is 3.49. The summed E-state index contributed by atoms with van der Waals surface area (Å²) in [5.41, 5.74) is 1.90. The predicted octanol–water partition coefficient (Wildman–Crippen LogP) is 2.56. The quantitative estimate of drug-likeness (QED) is 0.778. The van der Waals surface area contributed by atoms with E-state index in [-0.39, 0.29) is 35.9 Å². The molecule has 1 aromatic carbocycles. The van der Waals surface area contributed by atoms with Crippen LogP contribution in [0.25, 0.3) is 0 Å². The molecule has 0 spiro atoms. The van der Waals surface area contributed by atoms with Crippen LogP contribution in [0.4, 0.5) is 5.82 Å². The van der Waals surface area contributed by atoms with Gasteiger partial charge in [0.05, 0.1) is 30.6 Å². The van der Waals surface area contributed by atoms with Crippen LogP contribution in [0.2, 0.25) is 5.02 Å². The van der Waals surface area contributed by atoms with Crippen molar-refractivity contribution in [3.63, 3.8) is 0 Å². The Hall–Kier alpha value is -2.18. The fourth-order valence-corrected chi connectivity index (χ4v) is 4.72. The van der Waals surface area contributed by atoms with Gasteiger partial charge >= 0.3 is 0 Å². The fourth-order valence-electron chi connectivity index (χ4n) is 4.51. The topological polar surface area (TPSA) is 64.4 Å². The fraction of sp³-hybridized carbons (Fsp3) is 0.421. The molecule has 26 heavy (non-hydrogen) atoms. The van der Waals surface area contributed by atoms with Gasteiger partial charge in [-0.2, -0.15) is 5.10 Å². The lowest BCUT2D eigenvalue weighted by molar-refractivity contribution is -0.124. The summed E-state index contributed by atoms with van der Waals surface area (Å²) in [6.07, 6.45) is 1.50. The number of hydrogen-bond acceptors (Lipinski definition) is 4. The molecule has 4 heterocycles.